The number of hydrogen-bond donors (Lipinski definition) is 1. The molecule has 0 heterocycles. The van der Waals surface area contributed by atoms with Gasteiger partial charge in [0.25, 0.3) is 4.33 Å². The molecule has 0 fully saturated rings. The lowest BCUT2D eigenvalue weighted by Crippen LogP contribution is -2.16. The molecule has 0 saturated heterocycles. The van der Waals surface area contributed by atoms with Crippen molar-refractivity contribution in [1.82, 2.24) is 0 Å². The van der Waals surface area contributed by atoms with Crippen LogP contribution in [0.4, 0.5) is 0 Å². The molecule has 0 aromatic heterocycles. The van der Waals surface area contributed by atoms with Gasteiger partial charge in [0.2, 0.25) is 10.6 Å². The van der Waals surface area contributed by atoms with Gasteiger partial charge in [0.05, 0.1) is 0 Å². The van der Waals surface area contributed by atoms with E-state index in [1.807, 2.05) is 30.3 Å². The van der Waals surface area contributed by atoms with Gasteiger partial charge in [-0.1, -0.05) is 30.3 Å². The molecule has 2 aromatic carbocycles. The maximum Gasteiger partial charge on any atom is 0.361 e. The first-order chi connectivity index (χ1) is 8.66. The van der Waals surface area contributed by atoms with Crippen LogP contribution in [0.3, 0.4) is 0 Å². The molecule has 0 bridgehead atoms. The van der Waals surface area contributed by atoms with Gasteiger partial charge in [0.15, 0.2) is 0 Å². The normalized spacial score (nSPS) is 12.0. The summed E-state index contributed by atoms with van der Waals surface area (Å²) in [7, 11) is 0. The highest BCUT2D eigenvalue weighted by Crippen LogP contribution is 2.21. The van der Waals surface area contributed by atoms with Gasteiger partial charge < -0.3 is 5.11 Å². The van der Waals surface area contributed by atoms with Crippen LogP contribution in [-0.2, 0) is 16.8 Å². The molecule has 92 valence electrons. The highest BCUT2D eigenvalue weighted by atomic mass is 32.2. The standard InChI is InChI=1S/C13H11NO3S/c15-12-6-8-13(9-7-12)18(14(16)17)10-11-4-2-1-3-5-11/h1-9H,10H2/p+1. The summed E-state index contributed by atoms with van der Waals surface area (Å²) in [4.78, 5) is 11.8. The fourth-order valence-electron chi connectivity index (χ4n) is 1.56. The average Bonchev–Trinajstić information content (AvgIpc) is 2.38. The SMILES string of the molecule is O=[N+]([O-])[S+](Cc1ccccc1)c1ccc(O)cc1. The van der Waals surface area contributed by atoms with Crippen LogP contribution in [0.25, 0.3) is 0 Å². The Morgan fingerprint density at radius 2 is 1.67 bits per heavy atom. The van der Waals surface area contributed by atoms with E-state index < -0.39 is 11.1 Å². The first kappa shape index (κ1) is 12.4. The van der Waals surface area contributed by atoms with E-state index in [1.54, 1.807) is 12.1 Å². The highest BCUT2D eigenvalue weighted by Gasteiger charge is 2.36. The van der Waals surface area contributed by atoms with Crippen molar-refractivity contribution in [3.63, 3.8) is 0 Å². The van der Waals surface area contributed by atoms with Crippen LogP contribution in [0.15, 0.2) is 59.5 Å². The third kappa shape index (κ3) is 3.01. The summed E-state index contributed by atoms with van der Waals surface area (Å²) in [5.41, 5.74) is 0.936. The van der Waals surface area contributed by atoms with E-state index in [2.05, 4.69) is 0 Å². The van der Waals surface area contributed by atoms with Crippen molar-refractivity contribution in [3.05, 3.63) is 70.3 Å². The summed E-state index contributed by atoms with van der Waals surface area (Å²) < 4.78 is -0.265. The van der Waals surface area contributed by atoms with E-state index in [1.165, 1.54) is 12.1 Å². The zero-order valence-electron chi connectivity index (χ0n) is 9.52. The van der Waals surface area contributed by atoms with Crippen LogP contribution >= 0.6 is 0 Å². The van der Waals surface area contributed by atoms with E-state index in [4.69, 9.17) is 0 Å². The van der Waals surface area contributed by atoms with Crippen LogP contribution in [0.1, 0.15) is 5.56 Å². The fraction of sp³-hybridized carbons (Fsp3) is 0.0769. The Morgan fingerprint density at radius 1 is 1.06 bits per heavy atom. The van der Waals surface area contributed by atoms with Gasteiger partial charge in [-0.3, -0.25) is 0 Å². The minimum absolute atomic E-state index is 0.116. The minimum Gasteiger partial charge on any atom is -0.508 e. The number of rotatable bonds is 4. The molecule has 0 radical (unpaired) electrons. The van der Waals surface area contributed by atoms with E-state index >= 15 is 0 Å². The fourth-order valence-corrected chi connectivity index (χ4v) is 2.96. The maximum absolute atomic E-state index is 11.1. The molecule has 2 aromatic rings. The van der Waals surface area contributed by atoms with Crippen LogP contribution in [0.5, 0.6) is 5.75 Å². The molecule has 0 aliphatic carbocycles. The first-order valence-electron chi connectivity index (χ1n) is 5.35. The van der Waals surface area contributed by atoms with Crippen molar-refractivity contribution < 1.29 is 9.44 Å². The van der Waals surface area contributed by atoms with E-state index in [9.17, 15) is 15.2 Å². The third-order valence-corrected chi connectivity index (χ3v) is 4.22. The molecule has 4 nitrogen and oxygen atoms in total. The van der Waals surface area contributed by atoms with Crippen LogP contribution in [0.2, 0.25) is 0 Å². The Labute approximate surface area is 108 Å². The molecule has 18 heavy (non-hydrogen) atoms. The van der Waals surface area contributed by atoms with Gasteiger partial charge in [-0.2, -0.15) is 0 Å². The number of aromatic hydroxyl groups is 1. The van der Waals surface area contributed by atoms with E-state index in [0.717, 1.165) is 5.56 Å². The number of benzene rings is 2. The van der Waals surface area contributed by atoms with Crippen molar-refractivity contribution in [1.29, 1.82) is 0 Å². The summed E-state index contributed by atoms with van der Waals surface area (Å²) in [5, 5.41) is 20.3. The topological polar surface area (TPSA) is 63.4 Å². The molecular weight excluding hydrogens is 250 g/mol. The monoisotopic (exact) mass is 262 g/mol. The van der Waals surface area contributed by atoms with Gasteiger partial charge >= 0.3 is 11.1 Å². The maximum atomic E-state index is 11.1. The van der Waals surface area contributed by atoms with E-state index in [0.29, 0.717) is 10.6 Å². The third-order valence-electron chi connectivity index (χ3n) is 2.43. The molecule has 1 N–H and O–H groups in total. The highest BCUT2D eigenvalue weighted by molar-refractivity contribution is 7.90. The van der Waals surface area contributed by atoms with Crippen molar-refractivity contribution in [2.45, 2.75) is 10.6 Å². The molecule has 0 amide bonds. The molecule has 0 saturated carbocycles. The molecule has 0 aliphatic rings. The van der Waals surface area contributed by atoms with Crippen molar-refractivity contribution >= 4 is 11.1 Å². The molecule has 1 atom stereocenters. The second-order valence-corrected chi connectivity index (χ2v) is 5.50. The summed E-state index contributed by atoms with van der Waals surface area (Å²) >= 11 is -1.09. The van der Waals surface area contributed by atoms with Gasteiger partial charge in [-0.05, 0) is 12.1 Å². The minimum atomic E-state index is -1.09. The molecule has 0 spiro atoms. The number of nitrogens with zero attached hydrogens (tertiary/aromatic N) is 1. The first-order valence-corrected chi connectivity index (χ1v) is 6.70. The van der Waals surface area contributed by atoms with Gasteiger partial charge in [0.1, 0.15) is 5.75 Å². The van der Waals surface area contributed by atoms with Crippen LogP contribution < -0.4 is 0 Å². The second-order valence-electron chi connectivity index (χ2n) is 3.71. The van der Waals surface area contributed by atoms with Crippen molar-refractivity contribution in [2.24, 2.45) is 0 Å². The van der Waals surface area contributed by atoms with Gasteiger partial charge in [-0.25, -0.2) is 10.1 Å². The van der Waals surface area contributed by atoms with Gasteiger partial charge in [-0.15, -0.1) is 0 Å². The van der Waals surface area contributed by atoms with E-state index in [-0.39, 0.29) is 10.1 Å². The Bertz CT molecular complexity index is 528. The summed E-state index contributed by atoms with van der Waals surface area (Å²) in [5.74, 6) is 0.490. The van der Waals surface area contributed by atoms with Crippen LogP contribution in [0, 0.1) is 10.1 Å². The molecule has 0 aliphatic heterocycles. The second kappa shape index (κ2) is 5.55. The number of hydrogen-bond acceptors (Lipinski definition) is 3. The molecular formula is C13H12NO3S+. The molecule has 5 heteroatoms. The zero-order valence-corrected chi connectivity index (χ0v) is 10.3. The number of phenolic OH excluding ortho intramolecular Hbond substituents is 1. The Balaban J connectivity index is 2.24. The lowest BCUT2D eigenvalue weighted by Gasteiger charge is -1.98. The van der Waals surface area contributed by atoms with Crippen molar-refractivity contribution in [3.8, 4) is 5.75 Å². The van der Waals surface area contributed by atoms with Gasteiger partial charge in [0, 0.05) is 17.7 Å². The quantitative estimate of drug-likeness (QED) is 0.523. The Kier molecular flexibility index (Phi) is 3.84. The largest absolute Gasteiger partial charge is 0.508 e. The predicted molar refractivity (Wildman–Crippen MR) is 70.9 cm³/mol. The molecule has 2 rings (SSSR count). The van der Waals surface area contributed by atoms with Crippen molar-refractivity contribution in [2.75, 3.05) is 0 Å². The average molecular weight is 262 g/mol. The smallest absolute Gasteiger partial charge is 0.361 e. The lowest BCUT2D eigenvalue weighted by molar-refractivity contribution is -0.294. The summed E-state index contributed by atoms with van der Waals surface area (Å²) in [6, 6.07) is 15.5. The van der Waals surface area contributed by atoms with Crippen LogP contribution in [-0.4, -0.2) is 9.44 Å². The Morgan fingerprint density at radius 3 is 2.22 bits per heavy atom. The Hall–Kier alpha value is -2.01. The number of phenols is 1. The molecule has 1 unspecified atom stereocenters. The summed E-state index contributed by atoms with van der Waals surface area (Å²) in [6.45, 7) is 0. The number of nitro groups is 1. The predicted octanol–water partition coefficient (Wildman–Crippen LogP) is 2.76. The summed E-state index contributed by atoms with van der Waals surface area (Å²) in [6.07, 6.45) is 0. The lowest BCUT2D eigenvalue weighted by atomic mass is 10.2. The zero-order chi connectivity index (χ0) is 13.0.